The summed E-state index contributed by atoms with van der Waals surface area (Å²) in [5, 5.41) is 8.51. The molecule has 21 heavy (non-hydrogen) atoms. The molecule has 2 aromatic carbocycles. The summed E-state index contributed by atoms with van der Waals surface area (Å²) >= 11 is 0. The van der Waals surface area contributed by atoms with Crippen LogP contribution in [0.3, 0.4) is 0 Å². The van der Waals surface area contributed by atoms with Crippen LogP contribution in [0.2, 0.25) is 0 Å². The second-order valence-electron chi connectivity index (χ2n) is 4.51. The average molecular weight is 287 g/mol. The monoisotopic (exact) mass is 287 g/mol. The number of hydroxylamine groups is 1. The fraction of sp³-hybridized carbons (Fsp3) is 0.188. The van der Waals surface area contributed by atoms with E-state index >= 15 is 0 Å². The highest BCUT2D eigenvalue weighted by Gasteiger charge is 2.09. The van der Waals surface area contributed by atoms with Crippen LogP contribution >= 0.6 is 0 Å². The fourth-order valence-corrected chi connectivity index (χ4v) is 1.80. The Balaban J connectivity index is 1.95. The highest BCUT2D eigenvalue weighted by Crippen LogP contribution is 2.21. The Morgan fingerprint density at radius 3 is 2.67 bits per heavy atom. The first-order chi connectivity index (χ1) is 10.1. The molecule has 0 fully saturated rings. The number of hydrogen-bond donors (Lipinski definition) is 2. The Bertz CT molecular complexity index is 586. The van der Waals surface area contributed by atoms with Crippen molar-refractivity contribution in [3.63, 3.8) is 0 Å². The van der Waals surface area contributed by atoms with Crippen molar-refractivity contribution < 1.29 is 19.5 Å². The van der Waals surface area contributed by atoms with E-state index in [2.05, 4.69) is 0 Å². The second-order valence-corrected chi connectivity index (χ2v) is 4.51. The molecule has 0 saturated heterocycles. The van der Waals surface area contributed by atoms with Crippen LogP contribution in [0.15, 0.2) is 54.6 Å². The zero-order valence-corrected chi connectivity index (χ0v) is 11.7. The number of rotatable bonds is 6. The van der Waals surface area contributed by atoms with Gasteiger partial charge in [-0.25, -0.2) is 4.79 Å². The molecule has 0 heterocycles. The Morgan fingerprint density at radius 1 is 1.19 bits per heavy atom. The van der Waals surface area contributed by atoms with Gasteiger partial charge in [-0.05, 0) is 30.2 Å². The van der Waals surface area contributed by atoms with Gasteiger partial charge in [-0.15, -0.1) is 0 Å². The maximum atomic E-state index is 10.4. The molecule has 0 aliphatic carbocycles. The van der Waals surface area contributed by atoms with E-state index in [0.717, 1.165) is 11.1 Å². The number of nitrogens with one attached hydrogen (secondary N) is 1. The van der Waals surface area contributed by atoms with Gasteiger partial charge >= 0.3 is 6.09 Å². The molecule has 0 spiro atoms. The molecular weight excluding hydrogens is 270 g/mol. The first kappa shape index (κ1) is 14.9. The zero-order chi connectivity index (χ0) is 15.1. The Labute approximate surface area is 123 Å². The lowest BCUT2D eigenvalue weighted by Gasteiger charge is -2.13. The first-order valence-corrected chi connectivity index (χ1v) is 6.56. The minimum atomic E-state index is -1.22. The molecule has 0 saturated carbocycles. The quantitative estimate of drug-likeness (QED) is 0.798. The number of amides is 1. The first-order valence-electron chi connectivity index (χ1n) is 6.56. The smallest absolute Gasteiger partial charge is 0.428 e. The van der Waals surface area contributed by atoms with Gasteiger partial charge in [0.2, 0.25) is 0 Å². The highest BCUT2D eigenvalue weighted by molar-refractivity contribution is 5.62. The maximum absolute atomic E-state index is 10.4. The molecule has 2 N–H and O–H groups in total. The van der Waals surface area contributed by atoms with Gasteiger partial charge in [-0.2, -0.15) is 5.48 Å². The number of carboxylic acid groups (broad SMARTS) is 1. The van der Waals surface area contributed by atoms with Crippen molar-refractivity contribution in [2.24, 2.45) is 0 Å². The van der Waals surface area contributed by atoms with Crippen LogP contribution in [0.25, 0.3) is 0 Å². The number of benzene rings is 2. The van der Waals surface area contributed by atoms with Crippen molar-refractivity contribution in [3.05, 3.63) is 65.7 Å². The topological polar surface area (TPSA) is 67.8 Å². The SMILES string of the molecule is CC(ONC(=O)O)c1cccc(OCc2ccccc2)c1. The van der Waals surface area contributed by atoms with E-state index in [1.54, 1.807) is 6.92 Å². The molecule has 1 amide bonds. The van der Waals surface area contributed by atoms with Gasteiger partial charge in [0, 0.05) is 0 Å². The predicted molar refractivity (Wildman–Crippen MR) is 77.9 cm³/mol. The van der Waals surface area contributed by atoms with Crippen molar-refractivity contribution in [1.29, 1.82) is 0 Å². The van der Waals surface area contributed by atoms with Gasteiger partial charge in [0.15, 0.2) is 0 Å². The Kier molecular flexibility index (Phi) is 5.17. The largest absolute Gasteiger partial charge is 0.489 e. The molecule has 2 aromatic rings. The number of hydrogen-bond acceptors (Lipinski definition) is 3. The standard InChI is InChI=1S/C16H17NO4/c1-12(21-17-16(18)19)14-8-5-9-15(10-14)20-11-13-6-3-2-4-7-13/h2-10,12,17H,11H2,1H3,(H,18,19). The van der Waals surface area contributed by atoms with Crippen LogP contribution in [0.1, 0.15) is 24.2 Å². The van der Waals surface area contributed by atoms with Gasteiger partial charge in [-0.3, -0.25) is 4.84 Å². The number of carbonyl (C=O) groups is 1. The summed E-state index contributed by atoms with van der Waals surface area (Å²) < 4.78 is 5.72. The van der Waals surface area contributed by atoms with Gasteiger partial charge in [0.1, 0.15) is 18.5 Å². The van der Waals surface area contributed by atoms with E-state index < -0.39 is 12.2 Å². The minimum Gasteiger partial charge on any atom is -0.489 e. The molecule has 1 unspecified atom stereocenters. The second kappa shape index (κ2) is 7.31. The lowest BCUT2D eigenvalue weighted by Crippen LogP contribution is -2.22. The predicted octanol–water partition coefficient (Wildman–Crippen LogP) is 3.53. The molecule has 1 atom stereocenters. The van der Waals surface area contributed by atoms with Crippen LogP contribution in [-0.2, 0) is 11.4 Å². The van der Waals surface area contributed by atoms with E-state index in [4.69, 9.17) is 14.7 Å². The average Bonchev–Trinajstić information content (AvgIpc) is 2.52. The third-order valence-electron chi connectivity index (χ3n) is 2.90. The molecule has 0 aliphatic rings. The summed E-state index contributed by atoms with van der Waals surface area (Å²) in [5.74, 6) is 0.710. The molecule has 0 radical (unpaired) electrons. The molecule has 2 rings (SSSR count). The van der Waals surface area contributed by atoms with Crippen LogP contribution in [0, 0.1) is 0 Å². The number of ether oxygens (including phenoxy) is 1. The van der Waals surface area contributed by atoms with Gasteiger partial charge in [0.25, 0.3) is 0 Å². The van der Waals surface area contributed by atoms with Gasteiger partial charge in [-0.1, -0.05) is 42.5 Å². The van der Waals surface area contributed by atoms with E-state index in [0.29, 0.717) is 12.4 Å². The van der Waals surface area contributed by atoms with Crippen molar-refractivity contribution in [2.45, 2.75) is 19.6 Å². The van der Waals surface area contributed by atoms with Crippen molar-refractivity contribution in [1.82, 2.24) is 5.48 Å². The van der Waals surface area contributed by atoms with Crippen LogP contribution < -0.4 is 10.2 Å². The zero-order valence-electron chi connectivity index (χ0n) is 11.7. The molecule has 5 heteroatoms. The lowest BCUT2D eigenvalue weighted by molar-refractivity contribution is -0.00802. The lowest BCUT2D eigenvalue weighted by atomic mass is 10.1. The Hall–Kier alpha value is -2.53. The normalized spacial score (nSPS) is 11.7. The molecular formula is C16H17NO4. The van der Waals surface area contributed by atoms with E-state index in [9.17, 15) is 4.79 Å². The summed E-state index contributed by atoms with van der Waals surface area (Å²) in [6.07, 6.45) is -1.63. The third kappa shape index (κ3) is 4.81. The third-order valence-corrected chi connectivity index (χ3v) is 2.90. The van der Waals surface area contributed by atoms with E-state index in [-0.39, 0.29) is 0 Å². The summed E-state index contributed by atoms with van der Waals surface area (Å²) in [5.41, 5.74) is 3.81. The van der Waals surface area contributed by atoms with Crippen LogP contribution in [-0.4, -0.2) is 11.2 Å². The molecule has 0 aliphatic heterocycles. The van der Waals surface area contributed by atoms with E-state index in [1.807, 2.05) is 60.1 Å². The highest BCUT2D eigenvalue weighted by atomic mass is 16.7. The maximum Gasteiger partial charge on any atom is 0.428 e. The summed E-state index contributed by atoms with van der Waals surface area (Å²) in [6, 6.07) is 17.2. The minimum absolute atomic E-state index is 0.402. The van der Waals surface area contributed by atoms with Crippen LogP contribution in [0.4, 0.5) is 4.79 Å². The van der Waals surface area contributed by atoms with E-state index in [1.165, 1.54) is 0 Å². The molecule has 0 aromatic heterocycles. The fourth-order valence-electron chi connectivity index (χ4n) is 1.80. The molecule has 110 valence electrons. The van der Waals surface area contributed by atoms with Crippen molar-refractivity contribution in [3.8, 4) is 5.75 Å². The molecule has 0 bridgehead atoms. The summed E-state index contributed by atoms with van der Waals surface area (Å²) in [7, 11) is 0. The van der Waals surface area contributed by atoms with Crippen LogP contribution in [0.5, 0.6) is 5.75 Å². The Morgan fingerprint density at radius 2 is 1.95 bits per heavy atom. The van der Waals surface area contributed by atoms with Crippen molar-refractivity contribution in [2.75, 3.05) is 0 Å². The summed E-state index contributed by atoms with van der Waals surface area (Å²) in [6.45, 7) is 2.24. The van der Waals surface area contributed by atoms with Gasteiger partial charge < -0.3 is 9.84 Å². The van der Waals surface area contributed by atoms with Crippen molar-refractivity contribution >= 4 is 6.09 Å². The molecule has 5 nitrogen and oxygen atoms in total. The summed E-state index contributed by atoms with van der Waals surface area (Å²) in [4.78, 5) is 15.4. The van der Waals surface area contributed by atoms with Gasteiger partial charge in [0.05, 0.1) is 0 Å².